The van der Waals surface area contributed by atoms with Crippen LogP contribution < -0.4 is 10.6 Å². The summed E-state index contributed by atoms with van der Waals surface area (Å²) in [5, 5.41) is 15.4. The largest absolute Gasteiger partial charge is 0.370 e. The molecule has 2 N–H and O–H groups in total. The minimum Gasteiger partial charge on any atom is -0.370 e. The van der Waals surface area contributed by atoms with Crippen LogP contribution in [0, 0.1) is 0 Å². The maximum absolute atomic E-state index is 4.47. The van der Waals surface area contributed by atoms with Crippen LogP contribution in [0.4, 0.5) is 0 Å². The summed E-state index contributed by atoms with van der Waals surface area (Å²) in [5.74, 6) is 1.84. The first kappa shape index (κ1) is 23.4. The molecular formula is C12H24Cl2N6Na. The van der Waals surface area contributed by atoms with Gasteiger partial charge in [-0.25, -0.2) is 0 Å². The normalized spacial score (nSPS) is 17.7. The molecule has 0 bridgehead atoms. The van der Waals surface area contributed by atoms with E-state index >= 15 is 0 Å². The van der Waals surface area contributed by atoms with Crippen molar-refractivity contribution in [2.75, 3.05) is 26.2 Å². The third-order valence-corrected chi connectivity index (χ3v) is 3.06. The number of halogens is 2. The Labute approximate surface area is 161 Å². The zero-order valence-corrected chi connectivity index (χ0v) is 17.1. The van der Waals surface area contributed by atoms with Crippen LogP contribution in [-0.2, 0) is 0 Å². The monoisotopic (exact) mass is 345 g/mol. The number of rotatable bonds is 4. The molecule has 117 valence electrons. The second kappa shape index (κ2) is 9.30. The molecule has 0 aromatic heterocycles. The number of nitrogens with zero attached hydrogens (tertiary/aromatic N) is 4. The van der Waals surface area contributed by atoms with E-state index in [0.717, 1.165) is 37.9 Å². The Hall–Kier alpha value is 0.120. The Bertz CT molecular complexity index is 382. The van der Waals surface area contributed by atoms with Crippen molar-refractivity contribution in [1.29, 1.82) is 0 Å². The molecular weight excluding hydrogens is 322 g/mol. The van der Waals surface area contributed by atoms with Crippen molar-refractivity contribution >= 4 is 66.0 Å². The second-order valence-electron chi connectivity index (χ2n) is 5.63. The van der Waals surface area contributed by atoms with E-state index in [2.05, 4.69) is 30.8 Å². The second-order valence-corrected chi connectivity index (χ2v) is 5.63. The van der Waals surface area contributed by atoms with Gasteiger partial charge in [0.15, 0.2) is 0 Å². The predicted octanol–water partition coefficient (Wildman–Crippen LogP) is 1.46. The first-order valence-electron chi connectivity index (χ1n) is 6.43. The third-order valence-electron chi connectivity index (χ3n) is 3.06. The third kappa shape index (κ3) is 6.02. The molecule has 0 unspecified atom stereocenters. The number of azo groups is 1. The van der Waals surface area contributed by atoms with Gasteiger partial charge < -0.3 is 10.6 Å². The van der Waals surface area contributed by atoms with Gasteiger partial charge in [-0.05, 0) is 27.7 Å². The molecule has 0 atom stereocenters. The summed E-state index contributed by atoms with van der Waals surface area (Å²) in [6.07, 6.45) is 0. The Morgan fingerprint density at radius 3 is 1.38 bits per heavy atom. The molecule has 0 aromatic rings. The topological polar surface area (TPSA) is 73.5 Å². The fourth-order valence-corrected chi connectivity index (χ4v) is 1.96. The summed E-state index contributed by atoms with van der Waals surface area (Å²) in [7, 11) is 0. The molecule has 0 aliphatic carbocycles. The van der Waals surface area contributed by atoms with Crippen molar-refractivity contribution in [1.82, 2.24) is 10.6 Å². The molecule has 0 saturated carbocycles. The molecule has 2 aliphatic heterocycles. The fourth-order valence-electron chi connectivity index (χ4n) is 1.96. The van der Waals surface area contributed by atoms with Crippen molar-refractivity contribution in [2.24, 2.45) is 20.2 Å². The van der Waals surface area contributed by atoms with Gasteiger partial charge in [-0.2, -0.15) is 10.2 Å². The van der Waals surface area contributed by atoms with E-state index in [0.29, 0.717) is 0 Å². The van der Waals surface area contributed by atoms with Gasteiger partial charge in [0.1, 0.15) is 22.7 Å². The fraction of sp³-hybridized carbons (Fsp3) is 0.833. The van der Waals surface area contributed by atoms with Crippen molar-refractivity contribution in [3.63, 3.8) is 0 Å². The number of hydrogen-bond donors (Lipinski definition) is 2. The first-order valence-corrected chi connectivity index (χ1v) is 6.43. The average Bonchev–Trinajstić information content (AvgIpc) is 2.99. The molecule has 2 aliphatic rings. The van der Waals surface area contributed by atoms with E-state index in [-0.39, 0.29) is 54.4 Å². The van der Waals surface area contributed by atoms with Crippen LogP contribution in [0.2, 0.25) is 0 Å². The van der Waals surface area contributed by atoms with E-state index in [1.165, 1.54) is 0 Å². The zero-order chi connectivity index (χ0) is 13.2. The SMILES string of the molecule is CC(C)(N=NC(C)(C)C1=NCCN1)C1=NCCN1.Cl.Cl.[Na]. The predicted molar refractivity (Wildman–Crippen MR) is 93.9 cm³/mol. The Morgan fingerprint density at radius 1 is 0.810 bits per heavy atom. The van der Waals surface area contributed by atoms with Crippen LogP contribution in [0.3, 0.4) is 0 Å². The van der Waals surface area contributed by atoms with Crippen molar-refractivity contribution in [3.05, 3.63) is 0 Å². The summed E-state index contributed by atoms with van der Waals surface area (Å²) in [6.45, 7) is 11.5. The number of nitrogens with one attached hydrogen (secondary N) is 2. The standard InChI is InChI=1S/C12H22N6.2ClH.Na/c1-11(2,9-13-5-6-14-9)17-18-12(3,4)10-15-7-8-16-10;;;/h5-8H2,1-4H3,(H,13,14)(H,15,16);2*1H;. The van der Waals surface area contributed by atoms with E-state index in [4.69, 9.17) is 0 Å². The van der Waals surface area contributed by atoms with Crippen LogP contribution in [0.5, 0.6) is 0 Å². The van der Waals surface area contributed by atoms with Crippen LogP contribution in [0.25, 0.3) is 0 Å². The first-order chi connectivity index (χ1) is 8.42. The molecule has 21 heavy (non-hydrogen) atoms. The number of hydrogen-bond acceptors (Lipinski definition) is 6. The van der Waals surface area contributed by atoms with Gasteiger partial charge in [0.25, 0.3) is 0 Å². The van der Waals surface area contributed by atoms with E-state index in [1.807, 2.05) is 27.7 Å². The zero-order valence-electron chi connectivity index (χ0n) is 13.4. The van der Waals surface area contributed by atoms with Crippen LogP contribution in [0.15, 0.2) is 20.2 Å². The van der Waals surface area contributed by atoms with Crippen molar-refractivity contribution < 1.29 is 0 Å². The summed E-state index contributed by atoms with van der Waals surface area (Å²) in [5.41, 5.74) is -0.792. The van der Waals surface area contributed by atoms with Crippen LogP contribution in [0.1, 0.15) is 27.7 Å². The molecule has 6 nitrogen and oxygen atoms in total. The molecule has 0 saturated heterocycles. The summed E-state index contributed by atoms with van der Waals surface area (Å²) >= 11 is 0. The van der Waals surface area contributed by atoms with E-state index < -0.39 is 11.1 Å². The van der Waals surface area contributed by atoms with Gasteiger partial charge in [0.2, 0.25) is 0 Å². The quantitative estimate of drug-likeness (QED) is 0.598. The molecule has 0 aromatic carbocycles. The van der Waals surface area contributed by atoms with Crippen molar-refractivity contribution in [3.8, 4) is 0 Å². The Balaban J connectivity index is 0. The molecule has 2 heterocycles. The van der Waals surface area contributed by atoms with Gasteiger partial charge in [-0.3, -0.25) is 9.98 Å². The molecule has 1 radical (unpaired) electrons. The van der Waals surface area contributed by atoms with E-state index in [1.54, 1.807) is 0 Å². The Kier molecular flexibility index (Phi) is 10.4. The molecule has 0 fully saturated rings. The minimum absolute atomic E-state index is 0. The molecule has 2 rings (SSSR count). The summed E-state index contributed by atoms with van der Waals surface area (Å²) < 4.78 is 0. The van der Waals surface area contributed by atoms with E-state index in [9.17, 15) is 0 Å². The van der Waals surface area contributed by atoms with Gasteiger partial charge in [-0.1, -0.05) is 0 Å². The van der Waals surface area contributed by atoms with Crippen LogP contribution >= 0.6 is 24.8 Å². The molecule has 0 spiro atoms. The average molecular weight is 346 g/mol. The maximum Gasteiger partial charge on any atom is 0.133 e. The number of amidine groups is 2. The number of aliphatic imine (C=N–C) groups is 2. The van der Waals surface area contributed by atoms with Gasteiger partial charge in [0, 0.05) is 42.6 Å². The molecule has 0 amide bonds. The van der Waals surface area contributed by atoms with Crippen LogP contribution in [-0.4, -0.2) is 78.5 Å². The smallest absolute Gasteiger partial charge is 0.133 e. The summed E-state index contributed by atoms with van der Waals surface area (Å²) in [4.78, 5) is 8.82. The van der Waals surface area contributed by atoms with Crippen molar-refractivity contribution in [2.45, 2.75) is 38.8 Å². The maximum atomic E-state index is 4.47. The minimum atomic E-state index is -0.396. The molecule has 9 heteroatoms. The van der Waals surface area contributed by atoms with Gasteiger partial charge in [-0.15, -0.1) is 24.8 Å². The van der Waals surface area contributed by atoms with Gasteiger partial charge in [0.05, 0.1) is 13.1 Å². The summed E-state index contributed by atoms with van der Waals surface area (Å²) in [6, 6.07) is 0. The Morgan fingerprint density at radius 2 is 1.14 bits per heavy atom. The van der Waals surface area contributed by atoms with Gasteiger partial charge >= 0.3 is 0 Å².